The molecule has 2 unspecified atom stereocenters. The highest BCUT2D eigenvalue weighted by molar-refractivity contribution is 5.68. The number of hydrogen-bond acceptors (Lipinski definition) is 4. The first-order valence-corrected chi connectivity index (χ1v) is 10.0. The van der Waals surface area contributed by atoms with E-state index in [1.165, 1.54) is 11.1 Å². The molecule has 2 N–H and O–H groups in total. The number of ether oxygens (including phenoxy) is 2. The van der Waals surface area contributed by atoms with Crippen molar-refractivity contribution in [1.82, 2.24) is 0 Å². The summed E-state index contributed by atoms with van der Waals surface area (Å²) in [5, 5.41) is 19.9. The van der Waals surface area contributed by atoms with Gasteiger partial charge in [-0.1, -0.05) is 24.3 Å². The molecule has 5 heteroatoms. The molecule has 2 atom stereocenters. The Morgan fingerprint density at radius 1 is 1.21 bits per heavy atom. The summed E-state index contributed by atoms with van der Waals surface area (Å²) in [6.07, 6.45) is 4.62. The molecule has 0 bridgehead atoms. The van der Waals surface area contributed by atoms with Gasteiger partial charge in [0, 0.05) is 17.5 Å². The SMILES string of the molecule is O=C(O)CC1COc2cc(OC3CCc4c3cccc4C3(O)CCC3)ccc21. The van der Waals surface area contributed by atoms with Crippen molar-refractivity contribution < 1.29 is 24.5 Å². The highest BCUT2D eigenvalue weighted by atomic mass is 16.5. The molecule has 1 fully saturated rings. The second-order valence-electron chi connectivity index (χ2n) is 8.21. The molecule has 28 heavy (non-hydrogen) atoms. The fourth-order valence-corrected chi connectivity index (χ4v) is 4.83. The van der Waals surface area contributed by atoms with E-state index >= 15 is 0 Å². The summed E-state index contributed by atoms with van der Waals surface area (Å²) in [4.78, 5) is 11.0. The molecule has 0 saturated heterocycles. The first kappa shape index (κ1) is 17.6. The van der Waals surface area contributed by atoms with Crippen molar-refractivity contribution in [2.24, 2.45) is 0 Å². The second kappa shape index (κ2) is 6.52. The van der Waals surface area contributed by atoms with Gasteiger partial charge in [-0.3, -0.25) is 4.79 Å². The maximum atomic E-state index is 11.0. The topological polar surface area (TPSA) is 76.0 Å². The van der Waals surface area contributed by atoms with Gasteiger partial charge in [0.2, 0.25) is 0 Å². The van der Waals surface area contributed by atoms with Gasteiger partial charge in [-0.15, -0.1) is 0 Å². The first-order valence-electron chi connectivity index (χ1n) is 10.0. The Balaban J connectivity index is 1.37. The first-order chi connectivity index (χ1) is 13.5. The highest BCUT2D eigenvalue weighted by Gasteiger charge is 2.40. The molecule has 2 aliphatic carbocycles. The van der Waals surface area contributed by atoms with E-state index in [4.69, 9.17) is 14.6 Å². The third kappa shape index (κ3) is 2.85. The van der Waals surface area contributed by atoms with Crippen LogP contribution in [0.25, 0.3) is 0 Å². The van der Waals surface area contributed by atoms with Crippen molar-refractivity contribution in [3.05, 3.63) is 58.7 Å². The van der Waals surface area contributed by atoms with Gasteiger partial charge in [-0.2, -0.15) is 0 Å². The zero-order chi connectivity index (χ0) is 19.3. The maximum absolute atomic E-state index is 11.0. The molecule has 0 radical (unpaired) electrons. The minimum absolute atomic E-state index is 0.0344. The van der Waals surface area contributed by atoms with Crippen molar-refractivity contribution in [2.75, 3.05) is 6.61 Å². The Morgan fingerprint density at radius 3 is 2.82 bits per heavy atom. The fourth-order valence-electron chi connectivity index (χ4n) is 4.83. The van der Waals surface area contributed by atoms with Gasteiger partial charge < -0.3 is 19.7 Å². The van der Waals surface area contributed by atoms with E-state index in [9.17, 15) is 9.90 Å². The summed E-state index contributed by atoms with van der Waals surface area (Å²) in [5.41, 5.74) is 3.78. The van der Waals surface area contributed by atoms with E-state index in [2.05, 4.69) is 12.1 Å². The molecule has 2 aromatic rings. The molecule has 5 rings (SSSR count). The van der Waals surface area contributed by atoms with Gasteiger partial charge >= 0.3 is 5.97 Å². The van der Waals surface area contributed by atoms with E-state index in [0.717, 1.165) is 54.7 Å². The monoisotopic (exact) mass is 380 g/mol. The van der Waals surface area contributed by atoms with Crippen LogP contribution in [0.3, 0.4) is 0 Å². The van der Waals surface area contributed by atoms with Crippen LogP contribution in [0.4, 0.5) is 0 Å². The molecular formula is C23H24O5. The molecule has 3 aliphatic rings. The second-order valence-corrected chi connectivity index (χ2v) is 8.21. The van der Waals surface area contributed by atoms with Gasteiger partial charge in [0.25, 0.3) is 0 Å². The Hall–Kier alpha value is -2.53. The normalized spacial score (nSPS) is 24.0. The van der Waals surface area contributed by atoms with Crippen molar-refractivity contribution in [3.8, 4) is 11.5 Å². The highest BCUT2D eigenvalue weighted by Crippen LogP contribution is 2.47. The number of fused-ring (bicyclic) bond motifs is 2. The standard InChI is InChI=1S/C23H24O5/c24-22(25)11-14-13-27-21-12-15(5-6-16(14)21)28-20-8-7-17-18(20)3-1-4-19(17)23(26)9-2-10-23/h1,3-6,12,14,20,26H,2,7-11,13H2,(H,24,25). The van der Waals surface area contributed by atoms with E-state index in [1.807, 2.05) is 24.3 Å². The summed E-state index contributed by atoms with van der Waals surface area (Å²) in [7, 11) is 0. The van der Waals surface area contributed by atoms with Gasteiger partial charge in [-0.25, -0.2) is 0 Å². The summed E-state index contributed by atoms with van der Waals surface area (Å²) in [6, 6.07) is 11.9. The third-order valence-electron chi connectivity index (χ3n) is 6.46. The quantitative estimate of drug-likeness (QED) is 0.818. The molecule has 2 aromatic carbocycles. The van der Waals surface area contributed by atoms with Crippen LogP contribution in [0.15, 0.2) is 36.4 Å². The number of benzene rings is 2. The van der Waals surface area contributed by atoms with Crippen LogP contribution in [0, 0.1) is 0 Å². The smallest absolute Gasteiger partial charge is 0.304 e. The number of aliphatic carboxylic acids is 1. The van der Waals surface area contributed by atoms with E-state index in [-0.39, 0.29) is 18.4 Å². The predicted octanol–water partition coefficient (Wildman–Crippen LogP) is 4.08. The van der Waals surface area contributed by atoms with Crippen LogP contribution >= 0.6 is 0 Å². The number of rotatable bonds is 5. The number of carbonyl (C=O) groups is 1. The number of hydrogen-bond donors (Lipinski definition) is 2. The average molecular weight is 380 g/mol. The summed E-state index contributed by atoms with van der Waals surface area (Å²) < 4.78 is 12.0. The average Bonchev–Trinajstić information content (AvgIpc) is 3.23. The number of carboxylic acids is 1. The van der Waals surface area contributed by atoms with E-state index < -0.39 is 11.6 Å². The van der Waals surface area contributed by atoms with Crippen molar-refractivity contribution >= 4 is 5.97 Å². The molecule has 0 amide bonds. The lowest BCUT2D eigenvalue weighted by atomic mass is 9.73. The Morgan fingerprint density at radius 2 is 2.07 bits per heavy atom. The molecule has 1 saturated carbocycles. The fraction of sp³-hybridized carbons (Fsp3) is 0.435. The Labute approximate surface area is 163 Å². The zero-order valence-electron chi connectivity index (χ0n) is 15.7. The minimum atomic E-state index is -0.812. The van der Waals surface area contributed by atoms with Gasteiger partial charge in [-0.05, 0) is 54.9 Å². The molecule has 5 nitrogen and oxygen atoms in total. The molecule has 0 aromatic heterocycles. The van der Waals surface area contributed by atoms with Crippen molar-refractivity contribution in [3.63, 3.8) is 0 Å². The van der Waals surface area contributed by atoms with Crippen LogP contribution in [-0.2, 0) is 16.8 Å². The lowest BCUT2D eigenvalue weighted by molar-refractivity contribution is -0.137. The summed E-state index contributed by atoms with van der Waals surface area (Å²) >= 11 is 0. The van der Waals surface area contributed by atoms with Crippen molar-refractivity contribution in [1.29, 1.82) is 0 Å². The molecule has 1 aliphatic heterocycles. The molecule has 0 spiro atoms. The largest absolute Gasteiger partial charge is 0.492 e. The predicted molar refractivity (Wildman–Crippen MR) is 103 cm³/mol. The van der Waals surface area contributed by atoms with E-state index in [1.54, 1.807) is 0 Å². The minimum Gasteiger partial charge on any atom is -0.492 e. The van der Waals surface area contributed by atoms with E-state index in [0.29, 0.717) is 6.61 Å². The van der Waals surface area contributed by atoms with Crippen LogP contribution in [0.1, 0.15) is 66.4 Å². The third-order valence-corrected chi connectivity index (χ3v) is 6.46. The van der Waals surface area contributed by atoms with Crippen LogP contribution < -0.4 is 9.47 Å². The van der Waals surface area contributed by atoms with Crippen molar-refractivity contribution in [2.45, 2.75) is 56.1 Å². The van der Waals surface area contributed by atoms with Gasteiger partial charge in [0.15, 0.2) is 0 Å². The molecule has 1 heterocycles. The van der Waals surface area contributed by atoms with Gasteiger partial charge in [0.05, 0.1) is 18.6 Å². The molecule has 146 valence electrons. The Kier molecular flexibility index (Phi) is 4.09. The summed E-state index contributed by atoms with van der Waals surface area (Å²) in [5.74, 6) is 0.549. The molecular weight excluding hydrogens is 356 g/mol. The zero-order valence-corrected chi connectivity index (χ0v) is 15.7. The lowest BCUT2D eigenvalue weighted by Crippen LogP contribution is -2.34. The Bertz CT molecular complexity index is 931. The van der Waals surface area contributed by atoms with Crippen LogP contribution in [-0.4, -0.2) is 22.8 Å². The summed E-state index contributed by atoms with van der Waals surface area (Å²) in [6.45, 7) is 0.402. The van der Waals surface area contributed by atoms with Gasteiger partial charge in [0.1, 0.15) is 17.6 Å². The van der Waals surface area contributed by atoms with Crippen LogP contribution in [0.2, 0.25) is 0 Å². The number of carboxylic acid groups (broad SMARTS) is 1. The maximum Gasteiger partial charge on any atom is 0.304 e. The van der Waals surface area contributed by atoms with Crippen LogP contribution in [0.5, 0.6) is 11.5 Å². The number of aliphatic hydroxyl groups is 1. The lowest BCUT2D eigenvalue weighted by Gasteiger charge is -2.38.